The van der Waals surface area contributed by atoms with Gasteiger partial charge in [-0.3, -0.25) is 14.9 Å². The van der Waals surface area contributed by atoms with Crippen LogP contribution in [0, 0.1) is 17.8 Å². The van der Waals surface area contributed by atoms with Gasteiger partial charge in [0.05, 0.1) is 19.8 Å². The molecule has 1 aromatic heterocycles. The van der Waals surface area contributed by atoms with Gasteiger partial charge >= 0.3 is 18.0 Å². The van der Waals surface area contributed by atoms with Crippen LogP contribution in [-0.4, -0.2) is 52.8 Å². The zero-order valence-corrected chi connectivity index (χ0v) is 20.7. The highest BCUT2D eigenvalue weighted by atomic mass is 16.5. The summed E-state index contributed by atoms with van der Waals surface area (Å²) in [4.78, 5) is 48.7. The topological polar surface area (TPSA) is 130 Å². The van der Waals surface area contributed by atoms with Crippen molar-refractivity contribution in [1.82, 2.24) is 15.0 Å². The normalized spacial score (nSPS) is 11.1. The molecule has 1 aromatic rings. The summed E-state index contributed by atoms with van der Waals surface area (Å²) in [5, 5.41) is 2.43. The van der Waals surface area contributed by atoms with Crippen molar-refractivity contribution in [3.63, 3.8) is 0 Å². The molecule has 0 unspecified atom stereocenters. The van der Waals surface area contributed by atoms with Crippen LogP contribution >= 0.6 is 0 Å². The Kier molecular flexibility index (Phi) is 13.0. The van der Waals surface area contributed by atoms with Gasteiger partial charge in [0.2, 0.25) is 5.95 Å². The number of amides is 1. The Hall–Kier alpha value is -2.78. The number of carbonyl (C=O) groups is 3. The number of hydrogen-bond acceptors (Lipinski definition) is 9. The first-order chi connectivity index (χ1) is 15.5. The van der Waals surface area contributed by atoms with Gasteiger partial charge in [-0.25, -0.2) is 9.78 Å². The molecule has 1 N–H and O–H groups in total. The number of nitrogens with zero attached hydrogens (tertiary/aromatic N) is 3. The van der Waals surface area contributed by atoms with Crippen molar-refractivity contribution in [2.24, 2.45) is 17.8 Å². The molecule has 0 aromatic carbocycles. The van der Waals surface area contributed by atoms with Crippen molar-refractivity contribution in [2.45, 2.75) is 73.6 Å². The highest BCUT2D eigenvalue weighted by Gasteiger charge is 2.17. The van der Waals surface area contributed by atoms with E-state index in [9.17, 15) is 14.4 Å². The zero-order valence-electron chi connectivity index (χ0n) is 20.7. The molecule has 0 radical (unpaired) electrons. The molecule has 0 fully saturated rings. The predicted octanol–water partition coefficient (Wildman–Crippen LogP) is 3.73. The Morgan fingerprint density at radius 1 is 0.667 bits per heavy atom. The molecule has 0 aliphatic rings. The van der Waals surface area contributed by atoms with Crippen molar-refractivity contribution in [3.05, 3.63) is 11.6 Å². The highest BCUT2D eigenvalue weighted by molar-refractivity contribution is 5.82. The first-order valence-corrected chi connectivity index (χ1v) is 11.5. The predicted molar refractivity (Wildman–Crippen MR) is 122 cm³/mol. The van der Waals surface area contributed by atoms with Crippen LogP contribution in [0.1, 0.15) is 72.5 Å². The van der Waals surface area contributed by atoms with Gasteiger partial charge in [0.15, 0.2) is 0 Å². The number of hydrogen-bond donors (Lipinski definition) is 1. The average molecular weight is 467 g/mol. The first kappa shape index (κ1) is 28.3. The Morgan fingerprint density at radius 3 is 1.45 bits per heavy atom. The molecule has 186 valence electrons. The van der Waals surface area contributed by atoms with Crippen LogP contribution < -0.4 is 5.32 Å². The van der Waals surface area contributed by atoms with E-state index in [2.05, 4.69) is 20.3 Å². The van der Waals surface area contributed by atoms with E-state index in [1.165, 1.54) is 0 Å². The lowest BCUT2D eigenvalue weighted by molar-refractivity contribution is -0.144. The lowest BCUT2D eigenvalue weighted by Gasteiger charge is -2.10. The van der Waals surface area contributed by atoms with E-state index in [1.807, 2.05) is 41.5 Å². The second kappa shape index (κ2) is 15.1. The minimum atomic E-state index is -0.724. The van der Waals surface area contributed by atoms with Gasteiger partial charge in [0, 0.05) is 0 Å². The SMILES string of the molecule is CC(C)CCOC(=O)Cc1nc(CC(=O)OCCC(C)C)nc(NC(=O)OCCC(C)C)n1. The fourth-order valence-corrected chi connectivity index (χ4v) is 2.37. The second-order valence-electron chi connectivity index (χ2n) is 9.09. The van der Waals surface area contributed by atoms with E-state index < -0.39 is 18.0 Å². The third kappa shape index (κ3) is 14.1. The molecule has 10 nitrogen and oxygen atoms in total. The molecule has 33 heavy (non-hydrogen) atoms. The van der Waals surface area contributed by atoms with Crippen molar-refractivity contribution in [3.8, 4) is 0 Å². The van der Waals surface area contributed by atoms with E-state index in [1.54, 1.807) is 0 Å². The highest BCUT2D eigenvalue weighted by Crippen LogP contribution is 2.08. The summed E-state index contributed by atoms with van der Waals surface area (Å²) < 4.78 is 15.5. The summed E-state index contributed by atoms with van der Waals surface area (Å²) in [7, 11) is 0. The Labute approximate surface area is 196 Å². The molecule has 1 heterocycles. The van der Waals surface area contributed by atoms with Crippen LogP contribution in [0.4, 0.5) is 10.7 Å². The summed E-state index contributed by atoms with van der Waals surface area (Å²) in [6, 6.07) is 0. The van der Waals surface area contributed by atoms with Crippen LogP contribution in [0.5, 0.6) is 0 Å². The molecule has 0 aliphatic heterocycles. The summed E-state index contributed by atoms with van der Waals surface area (Å²) in [6.45, 7) is 13.0. The summed E-state index contributed by atoms with van der Waals surface area (Å²) in [6.07, 6.45) is 1.04. The van der Waals surface area contributed by atoms with Crippen molar-refractivity contribution < 1.29 is 28.6 Å². The minimum absolute atomic E-state index is 0.0852. The van der Waals surface area contributed by atoms with Gasteiger partial charge in [0.1, 0.15) is 24.5 Å². The Balaban J connectivity index is 2.84. The van der Waals surface area contributed by atoms with Crippen LogP contribution in [0.3, 0.4) is 0 Å². The van der Waals surface area contributed by atoms with Gasteiger partial charge in [-0.05, 0) is 37.0 Å². The molecule has 0 bridgehead atoms. The molecule has 10 heteroatoms. The maximum absolute atomic E-state index is 12.1. The van der Waals surface area contributed by atoms with Gasteiger partial charge < -0.3 is 14.2 Å². The quantitative estimate of drug-likeness (QED) is 0.322. The number of anilines is 1. The summed E-state index contributed by atoms with van der Waals surface area (Å²) in [5.74, 6) is 0.257. The van der Waals surface area contributed by atoms with Crippen molar-refractivity contribution in [2.75, 3.05) is 25.1 Å². The smallest absolute Gasteiger partial charge is 0.414 e. The standard InChI is InChI=1S/C23H38N4O6/c1-15(2)7-10-31-20(28)13-18-24-19(14-21(29)32-11-8-16(3)4)26-22(25-18)27-23(30)33-12-9-17(5)6/h15-17H,7-14H2,1-6H3,(H,24,25,26,27,30). The minimum Gasteiger partial charge on any atom is -0.465 e. The fraction of sp³-hybridized carbons (Fsp3) is 0.739. The monoisotopic (exact) mass is 466 g/mol. The third-order valence-electron chi connectivity index (χ3n) is 4.39. The van der Waals surface area contributed by atoms with Crippen molar-refractivity contribution in [1.29, 1.82) is 0 Å². The Bertz CT molecular complexity index is 655. The van der Waals surface area contributed by atoms with Gasteiger partial charge in [0.25, 0.3) is 0 Å². The van der Waals surface area contributed by atoms with E-state index in [-0.39, 0.29) is 37.0 Å². The molecule has 1 rings (SSSR count). The molecule has 0 atom stereocenters. The van der Waals surface area contributed by atoms with Crippen LogP contribution in [0.15, 0.2) is 0 Å². The number of esters is 2. The summed E-state index contributed by atoms with van der Waals surface area (Å²) >= 11 is 0. The zero-order chi connectivity index (χ0) is 24.8. The lowest BCUT2D eigenvalue weighted by Crippen LogP contribution is -2.21. The molecule has 0 saturated carbocycles. The van der Waals surface area contributed by atoms with E-state index >= 15 is 0 Å². The number of aromatic nitrogens is 3. The van der Waals surface area contributed by atoms with Crippen LogP contribution in [-0.2, 0) is 36.6 Å². The van der Waals surface area contributed by atoms with Gasteiger partial charge in [-0.2, -0.15) is 9.97 Å². The van der Waals surface area contributed by atoms with E-state index in [0.29, 0.717) is 37.4 Å². The number of carbonyl (C=O) groups excluding carboxylic acids is 3. The van der Waals surface area contributed by atoms with Gasteiger partial charge in [-0.1, -0.05) is 41.5 Å². The maximum atomic E-state index is 12.1. The third-order valence-corrected chi connectivity index (χ3v) is 4.39. The number of nitrogens with one attached hydrogen (secondary N) is 1. The molecule has 0 aliphatic carbocycles. The maximum Gasteiger partial charge on any atom is 0.414 e. The second-order valence-corrected chi connectivity index (χ2v) is 9.09. The van der Waals surface area contributed by atoms with Gasteiger partial charge in [-0.15, -0.1) is 0 Å². The average Bonchev–Trinajstić information content (AvgIpc) is 2.66. The lowest BCUT2D eigenvalue weighted by atomic mass is 10.1. The van der Waals surface area contributed by atoms with Crippen LogP contribution in [0.2, 0.25) is 0 Å². The summed E-state index contributed by atoms with van der Waals surface area (Å²) in [5.41, 5.74) is 0. The van der Waals surface area contributed by atoms with Crippen molar-refractivity contribution >= 4 is 24.0 Å². The molecule has 1 amide bonds. The molecular weight excluding hydrogens is 428 g/mol. The first-order valence-electron chi connectivity index (χ1n) is 11.5. The number of rotatable bonds is 14. The van der Waals surface area contributed by atoms with E-state index in [4.69, 9.17) is 14.2 Å². The number of ether oxygens (including phenoxy) is 3. The molecule has 0 spiro atoms. The largest absolute Gasteiger partial charge is 0.465 e. The Morgan fingerprint density at radius 2 is 1.06 bits per heavy atom. The molecule has 0 saturated heterocycles. The van der Waals surface area contributed by atoms with E-state index in [0.717, 1.165) is 12.8 Å². The molecular formula is C23H38N4O6. The fourth-order valence-electron chi connectivity index (χ4n) is 2.37. The van der Waals surface area contributed by atoms with Crippen LogP contribution in [0.25, 0.3) is 0 Å².